The summed E-state index contributed by atoms with van der Waals surface area (Å²) in [6.07, 6.45) is 1.63. The fraction of sp³-hybridized carbons (Fsp3) is 0.538. The number of amides is 1. The molecule has 0 bridgehead atoms. The second kappa shape index (κ2) is 5.82. The Balaban J connectivity index is 2.02. The summed E-state index contributed by atoms with van der Waals surface area (Å²) in [5.41, 5.74) is 0.598. The molecule has 0 aromatic carbocycles. The molecule has 1 saturated heterocycles. The van der Waals surface area contributed by atoms with Crippen molar-refractivity contribution in [1.29, 1.82) is 0 Å². The van der Waals surface area contributed by atoms with E-state index in [1.165, 1.54) is 0 Å². The third-order valence-electron chi connectivity index (χ3n) is 2.76. The number of ether oxygens (including phenoxy) is 1. The van der Waals surface area contributed by atoms with Crippen molar-refractivity contribution < 1.29 is 9.53 Å². The summed E-state index contributed by atoms with van der Waals surface area (Å²) >= 11 is 0. The van der Waals surface area contributed by atoms with Crippen molar-refractivity contribution >= 4 is 11.7 Å². The number of hydrogen-bond acceptors (Lipinski definition) is 4. The van der Waals surface area contributed by atoms with Gasteiger partial charge in [-0.25, -0.2) is 4.98 Å². The van der Waals surface area contributed by atoms with Crippen LogP contribution in [0.4, 0.5) is 5.82 Å². The van der Waals surface area contributed by atoms with Crippen LogP contribution in [0.2, 0.25) is 0 Å². The number of nitrogens with one attached hydrogen (secondary N) is 1. The lowest BCUT2D eigenvalue weighted by atomic mass is 10.2. The van der Waals surface area contributed by atoms with Crippen LogP contribution >= 0.6 is 0 Å². The van der Waals surface area contributed by atoms with Crippen molar-refractivity contribution in [1.82, 2.24) is 10.3 Å². The predicted molar refractivity (Wildman–Crippen MR) is 69.9 cm³/mol. The Labute approximate surface area is 107 Å². The van der Waals surface area contributed by atoms with Crippen molar-refractivity contribution in [2.45, 2.75) is 19.9 Å². The second-order valence-corrected chi connectivity index (χ2v) is 4.63. The summed E-state index contributed by atoms with van der Waals surface area (Å²) in [7, 11) is 0. The molecule has 1 aliphatic heterocycles. The quantitative estimate of drug-likeness (QED) is 0.870. The lowest BCUT2D eigenvalue weighted by Crippen LogP contribution is -2.36. The number of morpholine rings is 1. The highest BCUT2D eigenvalue weighted by atomic mass is 16.5. The summed E-state index contributed by atoms with van der Waals surface area (Å²) in [5.74, 6) is 0.824. The zero-order valence-electron chi connectivity index (χ0n) is 10.8. The summed E-state index contributed by atoms with van der Waals surface area (Å²) < 4.78 is 5.29. The predicted octanol–water partition coefficient (Wildman–Crippen LogP) is 1.06. The van der Waals surface area contributed by atoms with E-state index < -0.39 is 0 Å². The van der Waals surface area contributed by atoms with Crippen LogP contribution in [0, 0.1) is 0 Å². The van der Waals surface area contributed by atoms with Gasteiger partial charge in [-0.3, -0.25) is 4.79 Å². The van der Waals surface area contributed by atoms with Gasteiger partial charge in [0, 0.05) is 25.3 Å². The molecule has 1 amide bonds. The van der Waals surface area contributed by atoms with Gasteiger partial charge in [-0.05, 0) is 26.0 Å². The Bertz CT molecular complexity index is 397. The molecule has 2 heterocycles. The van der Waals surface area contributed by atoms with Crippen LogP contribution < -0.4 is 10.2 Å². The Morgan fingerprint density at radius 2 is 2.11 bits per heavy atom. The minimum Gasteiger partial charge on any atom is -0.378 e. The Morgan fingerprint density at radius 3 is 2.67 bits per heavy atom. The number of carbonyl (C=O) groups excluding carboxylic acids is 1. The Kier molecular flexibility index (Phi) is 4.15. The van der Waals surface area contributed by atoms with Crippen molar-refractivity contribution in [3.8, 4) is 0 Å². The first kappa shape index (κ1) is 12.8. The number of hydrogen-bond donors (Lipinski definition) is 1. The highest BCUT2D eigenvalue weighted by Gasteiger charge is 2.13. The first-order chi connectivity index (χ1) is 8.66. The average molecular weight is 249 g/mol. The topological polar surface area (TPSA) is 54.5 Å². The van der Waals surface area contributed by atoms with Crippen LogP contribution in [0.25, 0.3) is 0 Å². The highest BCUT2D eigenvalue weighted by Crippen LogP contribution is 2.13. The van der Waals surface area contributed by atoms with Crippen molar-refractivity contribution in [2.24, 2.45) is 0 Å². The molecule has 1 aliphatic rings. The lowest BCUT2D eigenvalue weighted by Gasteiger charge is -2.27. The molecule has 5 heteroatoms. The normalized spacial score (nSPS) is 15.8. The minimum atomic E-state index is -0.0778. The maximum Gasteiger partial charge on any atom is 0.253 e. The van der Waals surface area contributed by atoms with Crippen LogP contribution in [0.3, 0.4) is 0 Å². The molecule has 2 rings (SSSR count). The van der Waals surface area contributed by atoms with Gasteiger partial charge in [-0.15, -0.1) is 0 Å². The van der Waals surface area contributed by atoms with E-state index in [4.69, 9.17) is 4.74 Å². The molecule has 0 atom stereocenters. The van der Waals surface area contributed by atoms with Gasteiger partial charge in [0.15, 0.2) is 0 Å². The third-order valence-corrected chi connectivity index (χ3v) is 2.76. The van der Waals surface area contributed by atoms with Gasteiger partial charge in [0.1, 0.15) is 5.82 Å². The fourth-order valence-electron chi connectivity index (χ4n) is 1.85. The largest absolute Gasteiger partial charge is 0.378 e. The van der Waals surface area contributed by atoms with Crippen LogP contribution in [-0.4, -0.2) is 43.2 Å². The second-order valence-electron chi connectivity index (χ2n) is 4.63. The molecule has 18 heavy (non-hydrogen) atoms. The molecule has 1 aromatic rings. The van der Waals surface area contributed by atoms with Gasteiger partial charge >= 0.3 is 0 Å². The van der Waals surface area contributed by atoms with Crippen molar-refractivity contribution in [2.75, 3.05) is 31.2 Å². The van der Waals surface area contributed by atoms with Crippen LogP contribution in [0.5, 0.6) is 0 Å². The number of aromatic nitrogens is 1. The third kappa shape index (κ3) is 3.20. The smallest absolute Gasteiger partial charge is 0.253 e. The monoisotopic (exact) mass is 249 g/mol. The van der Waals surface area contributed by atoms with E-state index in [1.807, 2.05) is 26.0 Å². The van der Waals surface area contributed by atoms with Gasteiger partial charge in [-0.1, -0.05) is 0 Å². The summed E-state index contributed by atoms with van der Waals surface area (Å²) in [6.45, 7) is 7.05. The molecule has 5 nitrogen and oxygen atoms in total. The summed E-state index contributed by atoms with van der Waals surface area (Å²) in [5, 5.41) is 2.85. The number of carbonyl (C=O) groups is 1. The van der Waals surface area contributed by atoms with E-state index in [2.05, 4.69) is 15.2 Å². The summed E-state index contributed by atoms with van der Waals surface area (Å²) in [6, 6.07) is 3.84. The zero-order valence-corrected chi connectivity index (χ0v) is 10.8. The van der Waals surface area contributed by atoms with Gasteiger partial charge in [-0.2, -0.15) is 0 Å². The van der Waals surface area contributed by atoms with Crippen molar-refractivity contribution in [3.05, 3.63) is 23.9 Å². The van der Waals surface area contributed by atoms with Crippen LogP contribution in [0.15, 0.2) is 18.3 Å². The maximum atomic E-state index is 11.8. The SMILES string of the molecule is CC(C)NC(=O)c1ccc(N2CCOCC2)nc1. The van der Waals surface area contributed by atoms with E-state index in [0.717, 1.165) is 32.1 Å². The van der Waals surface area contributed by atoms with E-state index in [0.29, 0.717) is 5.56 Å². The molecular formula is C13H19N3O2. The standard InChI is InChI=1S/C13H19N3O2/c1-10(2)15-13(17)11-3-4-12(14-9-11)16-5-7-18-8-6-16/h3-4,9-10H,5-8H2,1-2H3,(H,15,17). The molecular weight excluding hydrogens is 230 g/mol. The zero-order chi connectivity index (χ0) is 13.0. The Morgan fingerprint density at radius 1 is 1.39 bits per heavy atom. The molecule has 98 valence electrons. The average Bonchev–Trinajstić information content (AvgIpc) is 2.39. The van der Waals surface area contributed by atoms with E-state index in [1.54, 1.807) is 6.20 Å². The molecule has 0 aliphatic carbocycles. The molecule has 1 fully saturated rings. The Hall–Kier alpha value is -1.62. The minimum absolute atomic E-state index is 0.0778. The highest BCUT2D eigenvalue weighted by molar-refractivity contribution is 5.94. The van der Waals surface area contributed by atoms with Gasteiger partial charge in [0.2, 0.25) is 0 Å². The fourth-order valence-corrected chi connectivity index (χ4v) is 1.85. The summed E-state index contributed by atoms with van der Waals surface area (Å²) in [4.78, 5) is 18.3. The van der Waals surface area contributed by atoms with Crippen LogP contribution in [-0.2, 0) is 4.74 Å². The van der Waals surface area contributed by atoms with Gasteiger partial charge < -0.3 is 15.0 Å². The van der Waals surface area contributed by atoms with E-state index in [9.17, 15) is 4.79 Å². The number of rotatable bonds is 3. The number of pyridine rings is 1. The number of nitrogens with zero attached hydrogens (tertiary/aromatic N) is 2. The van der Waals surface area contributed by atoms with E-state index in [-0.39, 0.29) is 11.9 Å². The van der Waals surface area contributed by atoms with Crippen molar-refractivity contribution in [3.63, 3.8) is 0 Å². The molecule has 1 aromatic heterocycles. The molecule has 0 saturated carbocycles. The molecule has 0 radical (unpaired) electrons. The van der Waals surface area contributed by atoms with Crippen LogP contribution in [0.1, 0.15) is 24.2 Å². The molecule has 1 N–H and O–H groups in total. The first-order valence-electron chi connectivity index (χ1n) is 6.26. The molecule has 0 unspecified atom stereocenters. The number of anilines is 1. The lowest BCUT2D eigenvalue weighted by molar-refractivity contribution is 0.0942. The first-order valence-corrected chi connectivity index (χ1v) is 6.26. The molecule has 0 spiro atoms. The maximum absolute atomic E-state index is 11.8. The van der Waals surface area contributed by atoms with Gasteiger partial charge in [0.25, 0.3) is 5.91 Å². The van der Waals surface area contributed by atoms with E-state index >= 15 is 0 Å². The van der Waals surface area contributed by atoms with Gasteiger partial charge in [0.05, 0.1) is 18.8 Å².